The Labute approximate surface area is 106 Å². The molecular formula is C14H18FN3. The molecule has 4 heteroatoms. The zero-order valence-corrected chi connectivity index (χ0v) is 11.0. The van der Waals surface area contributed by atoms with Crippen molar-refractivity contribution in [2.24, 2.45) is 0 Å². The number of fused-ring (bicyclic) bond motifs is 1. The molecule has 0 radical (unpaired) electrons. The van der Waals surface area contributed by atoms with Crippen LogP contribution < -0.4 is 5.32 Å². The molecule has 0 spiro atoms. The van der Waals surface area contributed by atoms with E-state index in [0.717, 1.165) is 29.7 Å². The minimum Gasteiger partial charge on any atom is -0.323 e. The summed E-state index contributed by atoms with van der Waals surface area (Å²) in [6.45, 7) is 4.20. The van der Waals surface area contributed by atoms with Crippen LogP contribution in [-0.2, 0) is 5.54 Å². The SMILES string of the molecule is CNC(C)(C)c1nc2ccc(F)cc2n1C1CC1. The highest BCUT2D eigenvalue weighted by molar-refractivity contribution is 5.76. The lowest BCUT2D eigenvalue weighted by Gasteiger charge is -2.24. The summed E-state index contributed by atoms with van der Waals surface area (Å²) < 4.78 is 15.6. The normalized spacial score (nSPS) is 16.4. The smallest absolute Gasteiger partial charge is 0.129 e. The molecule has 3 nitrogen and oxygen atoms in total. The molecule has 2 aromatic rings. The van der Waals surface area contributed by atoms with Gasteiger partial charge in [-0.1, -0.05) is 0 Å². The molecule has 0 atom stereocenters. The Hall–Kier alpha value is -1.42. The van der Waals surface area contributed by atoms with Crippen LogP contribution in [0.5, 0.6) is 0 Å². The van der Waals surface area contributed by atoms with Crippen molar-refractivity contribution in [2.75, 3.05) is 7.05 Å². The van der Waals surface area contributed by atoms with Crippen LogP contribution in [0, 0.1) is 5.82 Å². The van der Waals surface area contributed by atoms with Gasteiger partial charge < -0.3 is 9.88 Å². The van der Waals surface area contributed by atoms with E-state index in [0.29, 0.717) is 6.04 Å². The van der Waals surface area contributed by atoms with Crippen LogP contribution in [0.2, 0.25) is 0 Å². The number of hydrogen-bond donors (Lipinski definition) is 1. The van der Waals surface area contributed by atoms with E-state index in [2.05, 4.69) is 23.7 Å². The van der Waals surface area contributed by atoms with Gasteiger partial charge in [0.15, 0.2) is 0 Å². The molecule has 0 unspecified atom stereocenters. The molecule has 1 fully saturated rings. The summed E-state index contributed by atoms with van der Waals surface area (Å²) in [5, 5.41) is 3.28. The van der Waals surface area contributed by atoms with Crippen LogP contribution in [0.4, 0.5) is 4.39 Å². The van der Waals surface area contributed by atoms with Crippen LogP contribution >= 0.6 is 0 Å². The molecule has 1 aliphatic rings. The van der Waals surface area contributed by atoms with Crippen molar-refractivity contribution in [3.8, 4) is 0 Å². The molecular weight excluding hydrogens is 229 g/mol. The van der Waals surface area contributed by atoms with Gasteiger partial charge in [-0.3, -0.25) is 0 Å². The zero-order chi connectivity index (χ0) is 12.9. The van der Waals surface area contributed by atoms with Gasteiger partial charge in [-0.25, -0.2) is 9.37 Å². The number of aromatic nitrogens is 2. The van der Waals surface area contributed by atoms with Crippen molar-refractivity contribution in [2.45, 2.75) is 38.3 Å². The third-order valence-electron chi connectivity index (χ3n) is 3.75. The van der Waals surface area contributed by atoms with Crippen LogP contribution in [-0.4, -0.2) is 16.6 Å². The third-order valence-corrected chi connectivity index (χ3v) is 3.75. The maximum Gasteiger partial charge on any atom is 0.129 e. The molecule has 18 heavy (non-hydrogen) atoms. The molecule has 0 aliphatic heterocycles. The van der Waals surface area contributed by atoms with Gasteiger partial charge in [0.1, 0.15) is 11.6 Å². The number of rotatable bonds is 3. The minimum atomic E-state index is -0.210. The van der Waals surface area contributed by atoms with Crippen molar-refractivity contribution >= 4 is 11.0 Å². The number of imidazole rings is 1. The first-order valence-corrected chi connectivity index (χ1v) is 6.40. The third kappa shape index (κ3) is 1.72. The molecule has 1 heterocycles. The predicted octanol–water partition coefficient (Wildman–Crippen LogP) is 2.96. The molecule has 3 rings (SSSR count). The summed E-state index contributed by atoms with van der Waals surface area (Å²) in [6.07, 6.45) is 2.32. The Morgan fingerprint density at radius 3 is 2.72 bits per heavy atom. The average molecular weight is 247 g/mol. The van der Waals surface area contributed by atoms with Crippen LogP contribution in [0.15, 0.2) is 18.2 Å². The van der Waals surface area contributed by atoms with Gasteiger partial charge in [0, 0.05) is 6.04 Å². The number of benzene rings is 1. The van der Waals surface area contributed by atoms with Gasteiger partial charge in [0.25, 0.3) is 0 Å². The van der Waals surface area contributed by atoms with Gasteiger partial charge in [-0.05, 0) is 51.9 Å². The highest BCUT2D eigenvalue weighted by Gasteiger charge is 2.33. The van der Waals surface area contributed by atoms with Crippen LogP contribution in [0.3, 0.4) is 0 Å². The zero-order valence-electron chi connectivity index (χ0n) is 11.0. The van der Waals surface area contributed by atoms with E-state index in [1.165, 1.54) is 6.07 Å². The maximum absolute atomic E-state index is 13.4. The van der Waals surface area contributed by atoms with Crippen molar-refractivity contribution < 1.29 is 4.39 Å². The van der Waals surface area contributed by atoms with Gasteiger partial charge >= 0.3 is 0 Å². The monoisotopic (exact) mass is 247 g/mol. The summed E-state index contributed by atoms with van der Waals surface area (Å²) in [5.41, 5.74) is 1.58. The number of nitrogens with zero attached hydrogens (tertiary/aromatic N) is 2. The average Bonchev–Trinajstić information content (AvgIpc) is 3.10. The molecule has 1 aromatic heterocycles. The highest BCUT2D eigenvalue weighted by atomic mass is 19.1. The largest absolute Gasteiger partial charge is 0.323 e. The van der Waals surface area contributed by atoms with E-state index in [1.54, 1.807) is 12.1 Å². The highest BCUT2D eigenvalue weighted by Crippen LogP contribution is 2.40. The predicted molar refractivity (Wildman–Crippen MR) is 70.0 cm³/mol. The Balaban J connectivity index is 2.28. The van der Waals surface area contributed by atoms with E-state index >= 15 is 0 Å². The summed E-state index contributed by atoms with van der Waals surface area (Å²) in [6, 6.07) is 5.32. The second kappa shape index (κ2) is 3.79. The van der Waals surface area contributed by atoms with E-state index in [9.17, 15) is 4.39 Å². The first-order chi connectivity index (χ1) is 8.53. The Bertz CT molecular complexity index is 596. The fourth-order valence-corrected chi connectivity index (χ4v) is 2.32. The first-order valence-electron chi connectivity index (χ1n) is 6.40. The summed E-state index contributed by atoms with van der Waals surface area (Å²) in [5.74, 6) is 0.797. The van der Waals surface area contributed by atoms with Crippen molar-refractivity contribution in [3.63, 3.8) is 0 Å². The number of nitrogens with one attached hydrogen (secondary N) is 1. The van der Waals surface area contributed by atoms with E-state index in [1.807, 2.05) is 7.05 Å². The molecule has 0 bridgehead atoms. The lowest BCUT2D eigenvalue weighted by atomic mass is 10.1. The van der Waals surface area contributed by atoms with Gasteiger partial charge in [0.05, 0.1) is 16.6 Å². The summed E-state index contributed by atoms with van der Waals surface area (Å²) in [4.78, 5) is 4.69. The van der Waals surface area contributed by atoms with E-state index in [4.69, 9.17) is 4.98 Å². The van der Waals surface area contributed by atoms with Crippen LogP contribution in [0.1, 0.15) is 38.6 Å². The fourth-order valence-electron chi connectivity index (χ4n) is 2.32. The first kappa shape index (κ1) is 11.7. The maximum atomic E-state index is 13.4. The van der Waals surface area contributed by atoms with Crippen molar-refractivity contribution in [1.29, 1.82) is 0 Å². The quantitative estimate of drug-likeness (QED) is 0.903. The second-order valence-corrected chi connectivity index (χ2v) is 5.54. The topological polar surface area (TPSA) is 29.9 Å². The molecule has 1 saturated carbocycles. The Morgan fingerprint density at radius 2 is 2.11 bits per heavy atom. The molecule has 1 aromatic carbocycles. The standard InChI is InChI=1S/C14H18FN3/c1-14(2,16-3)13-17-11-7-4-9(15)8-12(11)18(13)10-5-6-10/h4,7-8,10,16H,5-6H2,1-3H3. The lowest BCUT2D eigenvalue weighted by Crippen LogP contribution is -2.36. The van der Waals surface area contributed by atoms with Crippen molar-refractivity contribution in [3.05, 3.63) is 29.8 Å². The van der Waals surface area contributed by atoms with Gasteiger partial charge in [0.2, 0.25) is 0 Å². The molecule has 0 saturated heterocycles. The minimum absolute atomic E-state index is 0.196. The van der Waals surface area contributed by atoms with Crippen molar-refractivity contribution in [1.82, 2.24) is 14.9 Å². The van der Waals surface area contributed by atoms with E-state index < -0.39 is 0 Å². The van der Waals surface area contributed by atoms with E-state index in [-0.39, 0.29) is 11.4 Å². The fraction of sp³-hybridized carbons (Fsp3) is 0.500. The Morgan fingerprint density at radius 1 is 1.39 bits per heavy atom. The molecule has 1 N–H and O–H groups in total. The van der Waals surface area contributed by atoms with Crippen LogP contribution in [0.25, 0.3) is 11.0 Å². The molecule has 96 valence electrons. The number of hydrogen-bond acceptors (Lipinski definition) is 2. The second-order valence-electron chi connectivity index (χ2n) is 5.54. The number of halogens is 1. The lowest BCUT2D eigenvalue weighted by molar-refractivity contribution is 0.398. The van der Waals surface area contributed by atoms with Gasteiger partial charge in [-0.2, -0.15) is 0 Å². The summed E-state index contributed by atoms with van der Waals surface area (Å²) in [7, 11) is 1.93. The van der Waals surface area contributed by atoms with Gasteiger partial charge in [-0.15, -0.1) is 0 Å². The molecule has 1 aliphatic carbocycles. The molecule has 0 amide bonds. The Kier molecular flexibility index (Phi) is 2.45. The summed E-state index contributed by atoms with van der Waals surface area (Å²) >= 11 is 0.